The highest BCUT2D eigenvalue weighted by atomic mass is 35.5. The molecular weight excluding hydrogens is 254 g/mol. The third-order valence-electron chi connectivity index (χ3n) is 2.60. The third-order valence-corrected chi connectivity index (χ3v) is 2.89. The average Bonchev–Trinajstić information content (AvgIpc) is 2.37. The van der Waals surface area contributed by atoms with Gasteiger partial charge in [0.25, 0.3) is 5.69 Å². The molecule has 0 heterocycles. The third kappa shape index (κ3) is 3.34. The lowest BCUT2D eigenvalue weighted by Gasteiger charge is -2.22. The Kier molecular flexibility index (Phi) is 4.93. The number of alkyl halides is 1. The van der Waals surface area contributed by atoms with Crippen LogP contribution in [0.5, 0.6) is 0 Å². The van der Waals surface area contributed by atoms with E-state index >= 15 is 0 Å². The minimum absolute atomic E-state index is 0.0242. The standard InChI is InChI=1S/C12H14ClN3O2/c1-9(7-14)8-15(2)12-4-3-11(16(17)18)5-10(12)6-13/h3-5,9H,6,8H2,1-2H3. The number of nitro groups is 1. The molecule has 0 bridgehead atoms. The molecule has 0 spiro atoms. The van der Waals surface area contributed by atoms with E-state index in [1.165, 1.54) is 12.1 Å². The summed E-state index contributed by atoms with van der Waals surface area (Å²) in [5, 5.41) is 19.5. The van der Waals surface area contributed by atoms with E-state index in [1.807, 2.05) is 18.9 Å². The van der Waals surface area contributed by atoms with Crippen LogP contribution in [-0.2, 0) is 5.88 Å². The van der Waals surface area contributed by atoms with Crippen LogP contribution >= 0.6 is 11.6 Å². The maximum Gasteiger partial charge on any atom is 0.269 e. The summed E-state index contributed by atoms with van der Waals surface area (Å²) in [7, 11) is 1.84. The van der Waals surface area contributed by atoms with Gasteiger partial charge in [-0.25, -0.2) is 0 Å². The molecule has 5 nitrogen and oxygen atoms in total. The van der Waals surface area contributed by atoms with E-state index < -0.39 is 4.92 Å². The second-order valence-electron chi connectivity index (χ2n) is 4.11. The SMILES string of the molecule is CC(C#N)CN(C)c1ccc([N+](=O)[O-])cc1CCl. The molecule has 18 heavy (non-hydrogen) atoms. The van der Waals surface area contributed by atoms with E-state index in [-0.39, 0.29) is 17.5 Å². The van der Waals surface area contributed by atoms with Gasteiger partial charge in [-0.2, -0.15) is 5.26 Å². The van der Waals surface area contributed by atoms with Crippen molar-refractivity contribution in [1.82, 2.24) is 0 Å². The Bertz CT molecular complexity index is 485. The second-order valence-corrected chi connectivity index (χ2v) is 4.38. The first-order valence-electron chi connectivity index (χ1n) is 5.43. The Morgan fingerprint density at radius 1 is 1.61 bits per heavy atom. The number of nitrogens with zero attached hydrogens (tertiary/aromatic N) is 3. The van der Waals surface area contributed by atoms with E-state index in [4.69, 9.17) is 16.9 Å². The molecule has 6 heteroatoms. The molecule has 96 valence electrons. The van der Waals surface area contributed by atoms with Crippen molar-refractivity contribution in [2.24, 2.45) is 5.92 Å². The molecule has 0 N–H and O–H groups in total. The lowest BCUT2D eigenvalue weighted by Crippen LogP contribution is -2.24. The summed E-state index contributed by atoms with van der Waals surface area (Å²) in [6.45, 7) is 2.38. The molecule has 1 atom stereocenters. The fourth-order valence-electron chi connectivity index (χ4n) is 1.71. The van der Waals surface area contributed by atoms with E-state index in [9.17, 15) is 10.1 Å². The van der Waals surface area contributed by atoms with Gasteiger partial charge in [0.05, 0.1) is 16.9 Å². The number of nitro benzene ring substituents is 1. The highest BCUT2D eigenvalue weighted by molar-refractivity contribution is 6.17. The largest absolute Gasteiger partial charge is 0.373 e. The fourth-order valence-corrected chi connectivity index (χ4v) is 1.93. The van der Waals surface area contributed by atoms with Crippen LogP contribution in [0.2, 0.25) is 0 Å². The molecule has 1 aromatic carbocycles. The van der Waals surface area contributed by atoms with Crippen molar-refractivity contribution >= 4 is 23.0 Å². The molecule has 0 aromatic heterocycles. The molecule has 0 aliphatic rings. The maximum absolute atomic E-state index is 10.7. The number of rotatable bonds is 5. The molecule has 0 aliphatic carbocycles. The Morgan fingerprint density at radius 2 is 2.28 bits per heavy atom. The zero-order chi connectivity index (χ0) is 13.7. The van der Waals surface area contributed by atoms with E-state index in [0.717, 1.165) is 5.69 Å². The maximum atomic E-state index is 10.7. The van der Waals surface area contributed by atoms with Crippen LogP contribution in [0.4, 0.5) is 11.4 Å². The summed E-state index contributed by atoms with van der Waals surface area (Å²) in [5.74, 6) is 0.0795. The van der Waals surface area contributed by atoms with Crippen molar-refractivity contribution in [2.75, 3.05) is 18.5 Å². The number of anilines is 1. The van der Waals surface area contributed by atoms with Gasteiger partial charge in [-0.3, -0.25) is 10.1 Å². The van der Waals surface area contributed by atoms with Gasteiger partial charge in [-0.15, -0.1) is 11.6 Å². The average molecular weight is 268 g/mol. The Balaban J connectivity index is 3.02. The molecule has 0 aliphatic heterocycles. The quantitative estimate of drug-likeness (QED) is 0.467. The fraction of sp³-hybridized carbons (Fsp3) is 0.417. The highest BCUT2D eigenvalue weighted by Gasteiger charge is 2.14. The smallest absolute Gasteiger partial charge is 0.269 e. The van der Waals surface area contributed by atoms with Crippen molar-refractivity contribution in [1.29, 1.82) is 5.26 Å². The zero-order valence-corrected chi connectivity index (χ0v) is 11.0. The Hall–Kier alpha value is -1.80. The van der Waals surface area contributed by atoms with Crippen LogP contribution < -0.4 is 4.90 Å². The number of benzene rings is 1. The van der Waals surface area contributed by atoms with Crippen molar-refractivity contribution < 1.29 is 4.92 Å². The van der Waals surface area contributed by atoms with Gasteiger partial charge in [0.15, 0.2) is 0 Å². The summed E-state index contributed by atoms with van der Waals surface area (Å²) in [4.78, 5) is 12.1. The monoisotopic (exact) mass is 267 g/mol. The van der Waals surface area contributed by atoms with E-state index in [0.29, 0.717) is 12.1 Å². The van der Waals surface area contributed by atoms with Crippen molar-refractivity contribution in [2.45, 2.75) is 12.8 Å². The number of hydrogen-bond acceptors (Lipinski definition) is 4. The highest BCUT2D eigenvalue weighted by Crippen LogP contribution is 2.26. The number of non-ortho nitro benzene ring substituents is 1. The number of halogens is 1. The lowest BCUT2D eigenvalue weighted by molar-refractivity contribution is -0.384. The topological polar surface area (TPSA) is 70.2 Å². The van der Waals surface area contributed by atoms with Gasteiger partial charge >= 0.3 is 0 Å². The summed E-state index contributed by atoms with van der Waals surface area (Å²) >= 11 is 5.81. The molecule has 0 radical (unpaired) electrons. The Labute approximate surface area is 111 Å². The van der Waals surface area contributed by atoms with E-state index in [2.05, 4.69) is 6.07 Å². The van der Waals surface area contributed by atoms with Gasteiger partial charge < -0.3 is 4.90 Å². The van der Waals surface area contributed by atoms with Gasteiger partial charge in [0.1, 0.15) is 0 Å². The number of hydrogen-bond donors (Lipinski definition) is 0. The molecule has 0 amide bonds. The van der Waals surface area contributed by atoms with Gasteiger partial charge in [-0.05, 0) is 18.6 Å². The van der Waals surface area contributed by atoms with Crippen molar-refractivity contribution in [3.8, 4) is 6.07 Å². The second kappa shape index (κ2) is 6.22. The molecule has 0 fully saturated rings. The van der Waals surface area contributed by atoms with Crippen LogP contribution in [0.15, 0.2) is 18.2 Å². The van der Waals surface area contributed by atoms with Crippen LogP contribution in [0.3, 0.4) is 0 Å². The first-order chi connectivity index (χ1) is 8.49. The van der Waals surface area contributed by atoms with Crippen molar-refractivity contribution in [3.05, 3.63) is 33.9 Å². The van der Waals surface area contributed by atoms with Crippen molar-refractivity contribution in [3.63, 3.8) is 0 Å². The minimum Gasteiger partial charge on any atom is -0.373 e. The first kappa shape index (κ1) is 14.3. The predicted molar refractivity (Wildman–Crippen MR) is 70.7 cm³/mol. The lowest BCUT2D eigenvalue weighted by atomic mass is 10.1. The van der Waals surface area contributed by atoms with Gasteiger partial charge in [0.2, 0.25) is 0 Å². The normalized spacial score (nSPS) is 11.7. The van der Waals surface area contributed by atoms with Gasteiger partial charge in [-0.1, -0.05) is 0 Å². The van der Waals surface area contributed by atoms with Crippen LogP contribution in [-0.4, -0.2) is 18.5 Å². The van der Waals surface area contributed by atoms with Gasteiger partial charge in [0, 0.05) is 37.3 Å². The molecule has 1 unspecified atom stereocenters. The molecule has 1 aromatic rings. The van der Waals surface area contributed by atoms with Crippen LogP contribution in [0.25, 0.3) is 0 Å². The first-order valence-corrected chi connectivity index (χ1v) is 5.97. The molecule has 0 saturated heterocycles. The molecule has 0 saturated carbocycles. The van der Waals surface area contributed by atoms with E-state index in [1.54, 1.807) is 6.07 Å². The zero-order valence-electron chi connectivity index (χ0n) is 10.3. The Morgan fingerprint density at radius 3 is 2.78 bits per heavy atom. The molecular formula is C12H14ClN3O2. The molecule has 1 rings (SSSR count). The summed E-state index contributed by atoms with van der Waals surface area (Å²) in [5.41, 5.74) is 1.53. The summed E-state index contributed by atoms with van der Waals surface area (Å²) < 4.78 is 0. The number of nitriles is 1. The summed E-state index contributed by atoms with van der Waals surface area (Å²) in [6, 6.07) is 6.73. The minimum atomic E-state index is -0.447. The predicted octanol–water partition coefficient (Wildman–Crippen LogP) is 2.93. The summed E-state index contributed by atoms with van der Waals surface area (Å²) in [6.07, 6.45) is 0. The van der Waals surface area contributed by atoms with Crippen LogP contribution in [0, 0.1) is 27.4 Å². The van der Waals surface area contributed by atoms with Crippen LogP contribution in [0.1, 0.15) is 12.5 Å².